The zero-order valence-electron chi connectivity index (χ0n) is 14.8. The Kier molecular flexibility index (Phi) is 7.64. The predicted molar refractivity (Wildman–Crippen MR) is 87.9 cm³/mol. The summed E-state index contributed by atoms with van der Waals surface area (Å²) < 4.78 is 11.5. The number of rotatable bonds is 8. The lowest BCUT2D eigenvalue weighted by Crippen LogP contribution is -2.37. The van der Waals surface area contributed by atoms with Crippen LogP contribution in [-0.4, -0.2) is 55.1 Å². The molecule has 0 atom stereocenters. The fourth-order valence-corrected chi connectivity index (χ4v) is 2.10. The van der Waals surface area contributed by atoms with E-state index in [9.17, 15) is 19.2 Å². The number of carbonyl (C=O) groups is 4. The Balaban J connectivity index is 2.59. The van der Waals surface area contributed by atoms with Crippen LogP contribution in [0.1, 0.15) is 28.7 Å². The molecular weight excluding hydrogens is 330 g/mol. The zero-order chi connectivity index (χ0) is 19.0. The van der Waals surface area contributed by atoms with E-state index in [4.69, 9.17) is 9.47 Å². The Morgan fingerprint density at radius 3 is 2.40 bits per heavy atom. The predicted octanol–water partition coefficient (Wildman–Crippen LogP) is -0.313. The molecule has 1 rings (SSSR count). The van der Waals surface area contributed by atoms with Crippen molar-refractivity contribution in [2.75, 3.05) is 26.8 Å². The molecule has 0 aliphatic carbocycles. The number of ether oxygens (including phenoxy) is 2. The molecule has 0 fully saturated rings. The summed E-state index contributed by atoms with van der Waals surface area (Å²) in [6.07, 6.45) is 0. The third-order valence-corrected chi connectivity index (χ3v) is 3.45. The molecule has 9 nitrogen and oxygen atoms in total. The molecule has 0 radical (unpaired) electrons. The maximum Gasteiger partial charge on any atom is 0.339 e. The Hall–Kier alpha value is -2.84. The molecule has 0 saturated carbocycles. The topological polar surface area (TPSA) is 116 Å². The molecule has 2 N–H and O–H groups in total. The summed E-state index contributed by atoms with van der Waals surface area (Å²) in [5.41, 5.74) is 1.66. The SMILES string of the molecule is CCOC(=O)c1cc(C)n(CC(=O)OCC(=O)NCC(=O)NC)c1C. The molecular formula is C16H23N3O6. The van der Waals surface area contributed by atoms with E-state index < -0.39 is 24.5 Å². The third kappa shape index (κ3) is 5.94. The Bertz CT molecular complexity index is 665. The monoisotopic (exact) mass is 353 g/mol. The summed E-state index contributed by atoms with van der Waals surface area (Å²) in [4.78, 5) is 46.2. The molecule has 1 aromatic heterocycles. The number of esters is 2. The van der Waals surface area contributed by atoms with Crippen molar-refractivity contribution in [1.82, 2.24) is 15.2 Å². The van der Waals surface area contributed by atoms with E-state index in [0.29, 0.717) is 17.0 Å². The van der Waals surface area contributed by atoms with Gasteiger partial charge in [0, 0.05) is 18.4 Å². The van der Waals surface area contributed by atoms with E-state index >= 15 is 0 Å². The van der Waals surface area contributed by atoms with Crippen molar-refractivity contribution in [3.05, 3.63) is 23.0 Å². The minimum Gasteiger partial charge on any atom is -0.462 e. The summed E-state index contributed by atoms with van der Waals surface area (Å²) in [7, 11) is 1.45. The van der Waals surface area contributed by atoms with Crippen LogP contribution in [0.2, 0.25) is 0 Å². The van der Waals surface area contributed by atoms with E-state index in [1.807, 2.05) is 0 Å². The molecule has 0 aromatic carbocycles. The van der Waals surface area contributed by atoms with E-state index in [1.165, 1.54) is 7.05 Å². The van der Waals surface area contributed by atoms with Gasteiger partial charge in [-0.15, -0.1) is 0 Å². The summed E-state index contributed by atoms with van der Waals surface area (Å²) in [5, 5.41) is 4.66. The van der Waals surface area contributed by atoms with Gasteiger partial charge in [-0.1, -0.05) is 0 Å². The lowest BCUT2D eigenvalue weighted by molar-refractivity contribution is -0.149. The highest BCUT2D eigenvalue weighted by Crippen LogP contribution is 2.16. The number of nitrogens with one attached hydrogen (secondary N) is 2. The van der Waals surface area contributed by atoms with E-state index in [2.05, 4.69) is 10.6 Å². The van der Waals surface area contributed by atoms with Crippen molar-refractivity contribution in [2.24, 2.45) is 0 Å². The van der Waals surface area contributed by atoms with Gasteiger partial charge in [0.1, 0.15) is 6.54 Å². The van der Waals surface area contributed by atoms with Crippen LogP contribution in [-0.2, 0) is 30.4 Å². The maximum atomic E-state index is 11.9. The van der Waals surface area contributed by atoms with Gasteiger partial charge < -0.3 is 24.7 Å². The van der Waals surface area contributed by atoms with Crippen LogP contribution < -0.4 is 10.6 Å². The highest BCUT2D eigenvalue weighted by molar-refractivity contribution is 5.91. The summed E-state index contributed by atoms with van der Waals surface area (Å²) >= 11 is 0. The van der Waals surface area contributed by atoms with Gasteiger partial charge >= 0.3 is 11.9 Å². The van der Waals surface area contributed by atoms with Crippen molar-refractivity contribution < 1.29 is 28.7 Å². The van der Waals surface area contributed by atoms with Crippen molar-refractivity contribution in [3.8, 4) is 0 Å². The first kappa shape index (κ1) is 20.2. The molecule has 0 aliphatic heterocycles. The second-order valence-electron chi connectivity index (χ2n) is 5.20. The molecule has 0 bridgehead atoms. The molecule has 25 heavy (non-hydrogen) atoms. The lowest BCUT2D eigenvalue weighted by atomic mass is 10.2. The van der Waals surface area contributed by atoms with Gasteiger partial charge in [0.25, 0.3) is 5.91 Å². The van der Waals surface area contributed by atoms with Crippen molar-refractivity contribution in [1.29, 1.82) is 0 Å². The van der Waals surface area contributed by atoms with Gasteiger partial charge in [-0.3, -0.25) is 14.4 Å². The molecule has 2 amide bonds. The molecule has 0 spiro atoms. The maximum absolute atomic E-state index is 11.9. The standard InChI is InChI=1S/C16H23N3O6/c1-5-24-16(23)12-6-10(2)19(11(12)3)8-15(22)25-9-14(21)18-7-13(20)17-4/h6H,5,7-9H2,1-4H3,(H,17,20)(H,18,21). The summed E-state index contributed by atoms with van der Waals surface area (Å²) in [5.74, 6) is -2.02. The first-order chi connectivity index (χ1) is 11.8. The molecule has 0 aliphatic rings. The average molecular weight is 353 g/mol. The highest BCUT2D eigenvalue weighted by atomic mass is 16.5. The van der Waals surface area contributed by atoms with Gasteiger partial charge in [-0.2, -0.15) is 0 Å². The van der Waals surface area contributed by atoms with Crippen LogP contribution in [0.25, 0.3) is 0 Å². The minimum absolute atomic E-state index is 0.139. The first-order valence-electron chi connectivity index (χ1n) is 7.76. The average Bonchev–Trinajstić information content (AvgIpc) is 2.86. The second kappa shape index (κ2) is 9.45. The highest BCUT2D eigenvalue weighted by Gasteiger charge is 2.19. The van der Waals surface area contributed by atoms with Crippen molar-refractivity contribution >= 4 is 23.8 Å². The Morgan fingerprint density at radius 2 is 1.80 bits per heavy atom. The van der Waals surface area contributed by atoms with Crippen LogP contribution in [0, 0.1) is 13.8 Å². The zero-order valence-corrected chi connectivity index (χ0v) is 14.8. The van der Waals surface area contributed by atoms with Gasteiger partial charge in [-0.05, 0) is 26.8 Å². The summed E-state index contributed by atoms with van der Waals surface area (Å²) in [6, 6.07) is 1.64. The van der Waals surface area contributed by atoms with Crippen LogP contribution in [0.5, 0.6) is 0 Å². The molecule has 1 heterocycles. The number of nitrogens with zero attached hydrogens (tertiary/aromatic N) is 1. The van der Waals surface area contributed by atoms with Gasteiger partial charge in [-0.25, -0.2) is 4.79 Å². The van der Waals surface area contributed by atoms with Crippen LogP contribution in [0.4, 0.5) is 0 Å². The quantitative estimate of drug-likeness (QED) is 0.619. The largest absolute Gasteiger partial charge is 0.462 e. The van der Waals surface area contributed by atoms with Crippen LogP contribution in [0.3, 0.4) is 0 Å². The molecule has 0 unspecified atom stereocenters. The second-order valence-corrected chi connectivity index (χ2v) is 5.20. The van der Waals surface area contributed by atoms with Crippen molar-refractivity contribution in [3.63, 3.8) is 0 Å². The fraction of sp³-hybridized carbons (Fsp3) is 0.500. The first-order valence-corrected chi connectivity index (χ1v) is 7.76. The van der Waals surface area contributed by atoms with Crippen molar-refractivity contribution in [2.45, 2.75) is 27.3 Å². The number of hydrogen-bond acceptors (Lipinski definition) is 6. The van der Waals surface area contributed by atoms with E-state index in [0.717, 1.165) is 0 Å². The number of aromatic nitrogens is 1. The molecule has 0 saturated heterocycles. The summed E-state index contributed by atoms with van der Waals surface area (Å²) in [6.45, 7) is 4.60. The van der Waals surface area contributed by atoms with E-state index in [1.54, 1.807) is 31.4 Å². The number of carbonyl (C=O) groups excluding carboxylic acids is 4. The number of hydrogen-bond donors (Lipinski definition) is 2. The van der Waals surface area contributed by atoms with Crippen LogP contribution in [0.15, 0.2) is 6.07 Å². The van der Waals surface area contributed by atoms with Gasteiger partial charge in [0.2, 0.25) is 5.91 Å². The Labute approximate surface area is 145 Å². The fourth-order valence-electron chi connectivity index (χ4n) is 2.10. The molecule has 138 valence electrons. The van der Waals surface area contributed by atoms with Gasteiger partial charge in [0.15, 0.2) is 6.61 Å². The minimum atomic E-state index is -0.632. The smallest absolute Gasteiger partial charge is 0.339 e. The van der Waals surface area contributed by atoms with E-state index in [-0.39, 0.29) is 25.6 Å². The normalized spacial score (nSPS) is 10.1. The molecule has 1 aromatic rings. The van der Waals surface area contributed by atoms with Crippen LogP contribution >= 0.6 is 0 Å². The number of amides is 2. The third-order valence-electron chi connectivity index (χ3n) is 3.45. The lowest BCUT2D eigenvalue weighted by Gasteiger charge is -2.10. The Morgan fingerprint density at radius 1 is 1.12 bits per heavy atom. The number of aryl methyl sites for hydroxylation is 1. The van der Waals surface area contributed by atoms with Gasteiger partial charge in [0.05, 0.1) is 18.7 Å². The molecule has 9 heteroatoms. The number of likely N-dealkylation sites (N-methyl/N-ethyl adjacent to an activating group) is 1.